The first kappa shape index (κ1) is 14.2. The van der Waals surface area contributed by atoms with Crippen LogP contribution in [0.1, 0.15) is 37.0 Å². The van der Waals surface area contributed by atoms with E-state index in [1.54, 1.807) is 0 Å². The zero-order chi connectivity index (χ0) is 12.8. The molecule has 2 heteroatoms. The molecule has 0 amide bonds. The highest BCUT2D eigenvalue weighted by Crippen LogP contribution is 2.13. The van der Waals surface area contributed by atoms with Gasteiger partial charge in [0.1, 0.15) is 0 Å². The third-order valence-electron chi connectivity index (χ3n) is 3.01. The van der Waals surface area contributed by atoms with Crippen molar-refractivity contribution in [3.63, 3.8) is 0 Å². The van der Waals surface area contributed by atoms with E-state index in [1.807, 2.05) is 6.92 Å². The Balaban J connectivity index is 2.68. The van der Waals surface area contributed by atoms with E-state index < -0.39 is 0 Å². The lowest BCUT2D eigenvalue weighted by Gasteiger charge is -2.22. The van der Waals surface area contributed by atoms with Crippen LogP contribution in [-0.4, -0.2) is 18.8 Å². The van der Waals surface area contributed by atoms with Gasteiger partial charge in [-0.05, 0) is 39.2 Å². The predicted octanol–water partition coefficient (Wildman–Crippen LogP) is 2.99. The van der Waals surface area contributed by atoms with Crippen LogP contribution in [0.2, 0.25) is 0 Å². The Labute approximate surface area is 105 Å². The van der Waals surface area contributed by atoms with Gasteiger partial charge in [-0.1, -0.05) is 36.2 Å². The summed E-state index contributed by atoms with van der Waals surface area (Å²) in [5, 5.41) is 0. The lowest BCUT2D eigenvalue weighted by atomic mass is 9.97. The van der Waals surface area contributed by atoms with E-state index in [4.69, 9.17) is 10.5 Å². The van der Waals surface area contributed by atoms with Crippen LogP contribution in [-0.2, 0) is 11.2 Å². The molecule has 0 aliphatic carbocycles. The Hall–Kier alpha value is -0.860. The van der Waals surface area contributed by atoms with Crippen molar-refractivity contribution in [3.05, 3.63) is 34.9 Å². The molecule has 1 rings (SSSR count). The van der Waals surface area contributed by atoms with Crippen LogP contribution in [0.25, 0.3) is 0 Å². The zero-order valence-corrected chi connectivity index (χ0v) is 11.5. The molecule has 2 unspecified atom stereocenters. The van der Waals surface area contributed by atoms with Crippen molar-refractivity contribution in [1.29, 1.82) is 0 Å². The third kappa shape index (κ3) is 4.49. The van der Waals surface area contributed by atoms with Gasteiger partial charge in [0.15, 0.2) is 0 Å². The van der Waals surface area contributed by atoms with Gasteiger partial charge in [-0.25, -0.2) is 0 Å². The van der Waals surface area contributed by atoms with Crippen LogP contribution < -0.4 is 5.73 Å². The Morgan fingerprint density at radius 2 is 1.71 bits per heavy atom. The molecule has 1 aromatic rings. The standard InChI is InChI=1S/C15H25NO/c1-5-15(17-6-2)14(16)10-13-8-11(3)7-12(4)9-13/h7-9,14-15H,5-6,10,16H2,1-4H3. The molecule has 0 aromatic heterocycles. The molecule has 0 radical (unpaired) electrons. The lowest BCUT2D eigenvalue weighted by molar-refractivity contribution is 0.0417. The zero-order valence-electron chi connectivity index (χ0n) is 11.5. The summed E-state index contributed by atoms with van der Waals surface area (Å²) in [5.41, 5.74) is 10.1. The average Bonchev–Trinajstić information content (AvgIpc) is 2.24. The summed E-state index contributed by atoms with van der Waals surface area (Å²) in [4.78, 5) is 0. The van der Waals surface area contributed by atoms with Gasteiger partial charge in [-0.15, -0.1) is 0 Å². The van der Waals surface area contributed by atoms with Crippen LogP contribution in [0.4, 0.5) is 0 Å². The molecular weight excluding hydrogens is 210 g/mol. The molecule has 2 nitrogen and oxygen atoms in total. The van der Waals surface area contributed by atoms with Crippen molar-refractivity contribution in [1.82, 2.24) is 0 Å². The monoisotopic (exact) mass is 235 g/mol. The summed E-state index contributed by atoms with van der Waals surface area (Å²) in [6, 6.07) is 6.70. The van der Waals surface area contributed by atoms with Crippen molar-refractivity contribution in [2.75, 3.05) is 6.61 Å². The highest BCUT2D eigenvalue weighted by molar-refractivity contribution is 5.29. The normalized spacial score (nSPS) is 14.6. The van der Waals surface area contributed by atoms with Crippen molar-refractivity contribution in [2.24, 2.45) is 5.73 Å². The Bertz CT molecular complexity index is 329. The van der Waals surface area contributed by atoms with Crippen molar-refractivity contribution in [3.8, 4) is 0 Å². The number of nitrogens with two attached hydrogens (primary N) is 1. The predicted molar refractivity (Wildman–Crippen MR) is 73.3 cm³/mol. The Kier molecular flexibility index (Phi) is 5.66. The number of ether oxygens (including phenoxy) is 1. The molecular formula is C15H25NO. The molecule has 0 heterocycles. The number of benzene rings is 1. The largest absolute Gasteiger partial charge is 0.377 e. The summed E-state index contributed by atoms with van der Waals surface area (Å²) in [5.74, 6) is 0. The van der Waals surface area contributed by atoms with Gasteiger partial charge in [-0.2, -0.15) is 0 Å². The summed E-state index contributed by atoms with van der Waals surface area (Å²) in [6.45, 7) is 9.14. The van der Waals surface area contributed by atoms with Gasteiger partial charge in [0.2, 0.25) is 0 Å². The third-order valence-corrected chi connectivity index (χ3v) is 3.01. The highest BCUT2D eigenvalue weighted by Gasteiger charge is 2.16. The minimum Gasteiger partial charge on any atom is -0.377 e. The molecule has 0 bridgehead atoms. The van der Waals surface area contributed by atoms with Crippen LogP contribution >= 0.6 is 0 Å². The van der Waals surface area contributed by atoms with E-state index in [0.717, 1.165) is 19.4 Å². The Morgan fingerprint density at radius 1 is 1.12 bits per heavy atom. The minimum atomic E-state index is 0.0844. The fourth-order valence-electron chi connectivity index (χ4n) is 2.35. The minimum absolute atomic E-state index is 0.0844. The fraction of sp³-hybridized carbons (Fsp3) is 0.600. The molecule has 0 saturated carbocycles. The molecule has 17 heavy (non-hydrogen) atoms. The SMILES string of the molecule is CCOC(CC)C(N)Cc1cc(C)cc(C)c1. The topological polar surface area (TPSA) is 35.2 Å². The van der Waals surface area contributed by atoms with E-state index >= 15 is 0 Å². The van der Waals surface area contributed by atoms with Crippen LogP contribution in [0, 0.1) is 13.8 Å². The van der Waals surface area contributed by atoms with E-state index in [-0.39, 0.29) is 12.1 Å². The van der Waals surface area contributed by atoms with Gasteiger partial charge in [0.25, 0.3) is 0 Å². The van der Waals surface area contributed by atoms with Gasteiger partial charge < -0.3 is 10.5 Å². The number of rotatable bonds is 6. The maximum atomic E-state index is 6.22. The van der Waals surface area contributed by atoms with Crippen LogP contribution in [0.3, 0.4) is 0 Å². The van der Waals surface area contributed by atoms with Gasteiger partial charge in [0, 0.05) is 12.6 Å². The fourth-order valence-corrected chi connectivity index (χ4v) is 2.35. The van der Waals surface area contributed by atoms with Crippen molar-refractivity contribution >= 4 is 0 Å². The molecule has 0 saturated heterocycles. The summed E-state index contributed by atoms with van der Waals surface area (Å²) < 4.78 is 5.66. The summed E-state index contributed by atoms with van der Waals surface area (Å²) in [6.07, 6.45) is 2.03. The smallest absolute Gasteiger partial charge is 0.0726 e. The molecule has 1 aromatic carbocycles. The van der Waals surface area contributed by atoms with Crippen LogP contribution in [0.15, 0.2) is 18.2 Å². The molecule has 0 fully saturated rings. The van der Waals surface area contributed by atoms with Crippen molar-refractivity contribution < 1.29 is 4.74 Å². The number of hydrogen-bond donors (Lipinski definition) is 1. The molecule has 0 spiro atoms. The summed E-state index contributed by atoms with van der Waals surface area (Å²) >= 11 is 0. The molecule has 0 aliphatic heterocycles. The first-order valence-electron chi connectivity index (χ1n) is 6.51. The summed E-state index contributed by atoms with van der Waals surface area (Å²) in [7, 11) is 0. The van der Waals surface area contributed by atoms with Crippen LogP contribution in [0.5, 0.6) is 0 Å². The molecule has 2 N–H and O–H groups in total. The first-order valence-corrected chi connectivity index (χ1v) is 6.51. The molecule has 0 aliphatic rings. The van der Waals surface area contributed by atoms with E-state index in [9.17, 15) is 0 Å². The quantitative estimate of drug-likeness (QED) is 0.822. The second-order valence-electron chi connectivity index (χ2n) is 4.77. The van der Waals surface area contributed by atoms with Crippen molar-refractivity contribution in [2.45, 2.75) is 52.7 Å². The number of hydrogen-bond acceptors (Lipinski definition) is 2. The maximum absolute atomic E-state index is 6.22. The van der Waals surface area contributed by atoms with E-state index in [0.29, 0.717) is 0 Å². The maximum Gasteiger partial charge on any atom is 0.0726 e. The number of aryl methyl sites for hydroxylation is 2. The van der Waals surface area contributed by atoms with Gasteiger partial charge >= 0.3 is 0 Å². The Morgan fingerprint density at radius 3 is 2.18 bits per heavy atom. The van der Waals surface area contributed by atoms with Gasteiger partial charge in [-0.3, -0.25) is 0 Å². The molecule has 2 atom stereocenters. The molecule has 96 valence electrons. The second-order valence-corrected chi connectivity index (χ2v) is 4.77. The van der Waals surface area contributed by atoms with Gasteiger partial charge in [0.05, 0.1) is 6.10 Å². The second kappa shape index (κ2) is 6.77. The van der Waals surface area contributed by atoms with E-state index in [1.165, 1.54) is 16.7 Å². The first-order chi connectivity index (χ1) is 8.06. The van der Waals surface area contributed by atoms with E-state index in [2.05, 4.69) is 39.0 Å². The highest BCUT2D eigenvalue weighted by atomic mass is 16.5. The average molecular weight is 235 g/mol. The lowest BCUT2D eigenvalue weighted by Crippen LogP contribution is -2.38.